The summed E-state index contributed by atoms with van der Waals surface area (Å²) in [6.07, 6.45) is 13.2. The lowest BCUT2D eigenvalue weighted by Crippen LogP contribution is -2.48. The minimum atomic E-state index is -0.273. The lowest BCUT2D eigenvalue weighted by Gasteiger charge is -2.56. The molecule has 7 heteroatoms. The topological polar surface area (TPSA) is 95.6 Å². The maximum atomic E-state index is 12.7. The first-order valence-corrected chi connectivity index (χ1v) is 12.5. The highest BCUT2D eigenvalue weighted by Gasteiger charge is 2.59. The fraction of sp³-hybridized carbons (Fsp3) is 0.760. The number of hydrogen-bond acceptors (Lipinski definition) is 4. The number of likely N-dealkylation sites (tertiary alicyclic amines) is 1. The molecule has 4 unspecified atom stereocenters. The van der Waals surface area contributed by atoms with Crippen molar-refractivity contribution in [3.63, 3.8) is 0 Å². The second-order valence-corrected chi connectivity index (χ2v) is 11.5. The van der Waals surface area contributed by atoms with Gasteiger partial charge in [0.05, 0.1) is 18.4 Å². The lowest BCUT2D eigenvalue weighted by molar-refractivity contribution is -0.141. The quantitative estimate of drug-likeness (QED) is 0.466. The maximum absolute atomic E-state index is 12.7. The van der Waals surface area contributed by atoms with Crippen LogP contribution in [0.4, 0.5) is 0 Å². The van der Waals surface area contributed by atoms with Gasteiger partial charge in [-0.3, -0.25) is 24.1 Å². The van der Waals surface area contributed by atoms with Gasteiger partial charge in [-0.1, -0.05) is 12.2 Å². The van der Waals surface area contributed by atoms with Crippen molar-refractivity contribution in [1.29, 1.82) is 0 Å². The van der Waals surface area contributed by atoms with Gasteiger partial charge in [0.25, 0.3) is 0 Å². The van der Waals surface area contributed by atoms with Gasteiger partial charge in [-0.2, -0.15) is 0 Å². The van der Waals surface area contributed by atoms with Crippen LogP contribution in [0.1, 0.15) is 51.4 Å². The molecule has 1 heterocycles. The molecule has 6 fully saturated rings. The van der Waals surface area contributed by atoms with E-state index in [4.69, 9.17) is 0 Å². The molecular formula is C25H33N3O4. The summed E-state index contributed by atoms with van der Waals surface area (Å²) >= 11 is 0. The Hall–Kier alpha value is -2.18. The Kier molecular flexibility index (Phi) is 4.74. The molecule has 5 saturated carbocycles. The summed E-state index contributed by atoms with van der Waals surface area (Å²) < 4.78 is 0. The van der Waals surface area contributed by atoms with Crippen LogP contribution in [0.25, 0.3) is 0 Å². The summed E-state index contributed by atoms with van der Waals surface area (Å²) in [6, 6.07) is 0. The van der Waals surface area contributed by atoms with Crippen molar-refractivity contribution in [2.45, 2.75) is 51.4 Å². The summed E-state index contributed by atoms with van der Waals surface area (Å²) in [5, 5.41) is 5.55. The van der Waals surface area contributed by atoms with E-state index in [-0.39, 0.29) is 72.3 Å². The average molecular weight is 440 g/mol. The fourth-order valence-corrected chi connectivity index (χ4v) is 8.64. The third-order valence-corrected chi connectivity index (χ3v) is 9.37. The minimum absolute atomic E-state index is 0.0252. The number of imide groups is 1. The largest absolute Gasteiger partial charge is 0.353 e. The second-order valence-electron chi connectivity index (χ2n) is 11.5. The molecule has 6 aliphatic carbocycles. The highest BCUT2D eigenvalue weighted by Crippen LogP contribution is 2.61. The van der Waals surface area contributed by atoms with Crippen LogP contribution in [-0.4, -0.2) is 48.2 Å². The SMILES string of the molecule is O=C(CNC(=O)CC12CC3CC(CC(C3)C1)C2)NCCN1C(=O)C2C3C=CC(C3)C2C1=O. The van der Waals surface area contributed by atoms with E-state index < -0.39 is 0 Å². The molecule has 1 saturated heterocycles. The molecule has 0 aromatic carbocycles. The van der Waals surface area contributed by atoms with Crippen molar-refractivity contribution in [1.82, 2.24) is 15.5 Å². The van der Waals surface area contributed by atoms with Gasteiger partial charge in [0.2, 0.25) is 23.6 Å². The van der Waals surface area contributed by atoms with E-state index >= 15 is 0 Å². The van der Waals surface area contributed by atoms with E-state index in [2.05, 4.69) is 22.8 Å². The highest BCUT2D eigenvalue weighted by atomic mass is 16.2. The Morgan fingerprint density at radius 2 is 1.41 bits per heavy atom. The molecule has 0 radical (unpaired) electrons. The summed E-state index contributed by atoms with van der Waals surface area (Å²) in [5.41, 5.74) is 0.165. The van der Waals surface area contributed by atoms with Crippen molar-refractivity contribution in [2.24, 2.45) is 46.8 Å². The molecule has 1 aliphatic heterocycles. The third-order valence-electron chi connectivity index (χ3n) is 9.37. The smallest absolute Gasteiger partial charge is 0.239 e. The van der Waals surface area contributed by atoms with Gasteiger partial charge in [-0.05, 0) is 80.0 Å². The standard InChI is InChI=1S/C25H33N3O4/c29-19(12-25-9-14-5-15(10-25)7-16(6-14)11-25)27-13-20(30)26-3-4-28-23(31)21-17-1-2-18(8-17)22(21)24(28)32/h1-2,14-18,21-22H,3-13H2,(H,26,30)(H,27,29). The van der Waals surface area contributed by atoms with Crippen LogP contribution < -0.4 is 10.6 Å². The Bertz CT molecular complexity index is 830. The molecule has 2 N–H and O–H groups in total. The first kappa shape index (κ1) is 20.4. The molecule has 7 nitrogen and oxygen atoms in total. The van der Waals surface area contributed by atoms with Crippen LogP contribution in [-0.2, 0) is 19.2 Å². The Labute approximate surface area is 188 Å². The minimum Gasteiger partial charge on any atom is -0.353 e. The van der Waals surface area contributed by atoms with Gasteiger partial charge in [-0.25, -0.2) is 0 Å². The van der Waals surface area contributed by atoms with Gasteiger partial charge >= 0.3 is 0 Å². The van der Waals surface area contributed by atoms with Gasteiger partial charge in [0, 0.05) is 19.5 Å². The third kappa shape index (κ3) is 3.30. The van der Waals surface area contributed by atoms with Crippen LogP contribution in [0.5, 0.6) is 0 Å². The fourth-order valence-electron chi connectivity index (χ4n) is 8.64. The van der Waals surface area contributed by atoms with Crippen molar-refractivity contribution < 1.29 is 19.2 Å². The molecule has 4 amide bonds. The number of nitrogens with one attached hydrogen (secondary N) is 2. The number of carbonyl (C=O) groups is 4. The number of nitrogens with zero attached hydrogens (tertiary/aromatic N) is 1. The number of carbonyl (C=O) groups excluding carboxylic acids is 4. The van der Waals surface area contributed by atoms with Crippen LogP contribution in [0.3, 0.4) is 0 Å². The molecule has 0 aromatic heterocycles. The summed E-state index contributed by atoms with van der Waals surface area (Å²) in [4.78, 5) is 51.5. The molecule has 0 aromatic rings. The number of allylic oxidation sites excluding steroid dienone is 2. The normalized spacial score (nSPS) is 42.6. The van der Waals surface area contributed by atoms with E-state index in [1.807, 2.05) is 0 Å². The summed E-state index contributed by atoms with van der Waals surface area (Å²) in [7, 11) is 0. The zero-order chi connectivity index (χ0) is 22.0. The van der Waals surface area contributed by atoms with E-state index in [1.54, 1.807) is 0 Å². The summed E-state index contributed by atoms with van der Waals surface area (Å²) in [5.74, 6) is 1.94. The van der Waals surface area contributed by atoms with E-state index in [0.717, 1.165) is 24.2 Å². The Morgan fingerprint density at radius 3 is 1.97 bits per heavy atom. The molecule has 4 atom stereocenters. The molecule has 7 aliphatic rings. The lowest BCUT2D eigenvalue weighted by atomic mass is 9.49. The molecular weight excluding hydrogens is 406 g/mol. The highest BCUT2D eigenvalue weighted by molar-refractivity contribution is 6.06. The number of hydrogen-bond donors (Lipinski definition) is 2. The zero-order valence-electron chi connectivity index (χ0n) is 18.6. The molecule has 6 bridgehead atoms. The van der Waals surface area contributed by atoms with Gasteiger partial charge in [0.1, 0.15) is 0 Å². The predicted octanol–water partition coefficient (Wildman–Crippen LogP) is 1.63. The van der Waals surface area contributed by atoms with E-state index in [0.29, 0.717) is 6.42 Å². The maximum Gasteiger partial charge on any atom is 0.239 e. The second kappa shape index (κ2) is 7.42. The monoisotopic (exact) mass is 439 g/mol. The number of rotatable bonds is 7. The zero-order valence-corrected chi connectivity index (χ0v) is 18.6. The Balaban J connectivity index is 0.939. The average Bonchev–Trinajstić information content (AvgIpc) is 3.40. The summed E-state index contributed by atoms with van der Waals surface area (Å²) in [6.45, 7) is 0.382. The first-order valence-electron chi connectivity index (χ1n) is 12.5. The van der Waals surface area contributed by atoms with Crippen molar-refractivity contribution in [3.05, 3.63) is 12.2 Å². The van der Waals surface area contributed by atoms with Gasteiger partial charge < -0.3 is 10.6 Å². The van der Waals surface area contributed by atoms with Crippen LogP contribution in [0.2, 0.25) is 0 Å². The van der Waals surface area contributed by atoms with Gasteiger partial charge in [0.15, 0.2) is 0 Å². The van der Waals surface area contributed by atoms with Crippen molar-refractivity contribution >= 4 is 23.6 Å². The first-order chi connectivity index (χ1) is 15.4. The van der Waals surface area contributed by atoms with Crippen LogP contribution in [0, 0.1) is 46.8 Å². The van der Waals surface area contributed by atoms with E-state index in [1.165, 1.54) is 43.4 Å². The molecule has 0 spiro atoms. The number of amides is 4. The predicted molar refractivity (Wildman–Crippen MR) is 116 cm³/mol. The van der Waals surface area contributed by atoms with Crippen LogP contribution >= 0.6 is 0 Å². The van der Waals surface area contributed by atoms with Crippen molar-refractivity contribution in [3.8, 4) is 0 Å². The van der Waals surface area contributed by atoms with Crippen LogP contribution in [0.15, 0.2) is 12.2 Å². The van der Waals surface area contributed by atoms with Crippen molar-refractivity contribution in [2.75, 3.05) is 19.6 Å². The number of fused-ring (bicyclic) bond motifs is 5. The van der Waals surface area contributed by atoms with Gasteiger partial charge in [-0.15, -0.1) is 0 Å². The Morgan fingerprint density at radius 1 is 0.844 bits per heavy atom. The molecule has 172 valence electrons. The molecule has 32 heavy (non-hydrogen) atoms. The van der Waals surface area contributed by atoms with E-state index in [9.17, 15) is 19.2 Å². The molecule has 7 rings (SSSR count).